The average Bonchev–Trinajstić information content (AvgIpc) is 2.74. The molecule has 2 aliphatic rings. The van der Waals surface area contributed by atoms with Gasteiger partial charge in [-0.15, -0.1) is 0 Å². The molecule has 0 aliphatic carbocycles. The molecular formula is C11H17NO5. The largest absolute Gasteiger partial charge is 0.479 e. The number of carboxylic acids is 1. The van der Waals surface area contributed by atoms with Crippen molar-refractivity contribution in [2.45, 2.75) is 25.6 Å². The fourth-order valence-corrected chi connectivity index (χ4v) is 2.29. The highest BCUT2D eigenvalue weighted by Crippen LogP contribution is 2.23. The number of hydrogen-bond donors (Lipinski definition) is 1. The van der Waals surface area contributed by atoms with Crippen molar-refractivity contribution in [3.63, 3.8) is 0 Å². The monoisotopic (exact) mass is 243 g/mol. The SMILES string of the molecule is CC1OCCC1C(=O)N1CCOC(C(=O)O)C1. The van der Waals surface area contributed by atoms with Gasteiger partial charge < -0.3 is 19.5 Å². The van der Waals surface area contributed by atoms with Gasteiger partial charge in [-0.2, -0.15) is 0 Å². The molecule has 0 spiro atoms. The number of hydrogen-bond acceptors (Lipinski definition) is 4. The van der Waals surface area contributed by atoms with E-state index >= 15 is 0 Å². The molecule has 1 N–H and O–H groups in total. The van der Waals surface area contributed by atoms with Crippen molar-refractivity contribution in [3.8, 4) is 0 Å². The predicted octanol–water partition coefficient (Wildman–Crippen LogP) is -0.277. The summed E-state index contributed by atoms with van der Waals surface area (Å²) >= 11 is 0. The quantitative estimate of drug-likeness (QED) is 0.722. The summed E-state index contributed by atoms with van der Waals surface area (Å²) in [4.78, 5) is 24.6. The Hall–Kier alpha value is -1.14. The van der Waals surface area contributed by atoms with Gasteiger partial charge in [0.25, 0.3) is 0 Å². The molecule has 17 heavy (non-hydrogen) atoms. The minimum absolute atomic E-state index is 0.00968. The van der Waals surface area contributed by atoms with E-state index in [4.69, 9.17) is 14.6 Å². The Kier molecular flexibility index (Phi) is 3.63. The Bertz CT molecular complexity index is 319. The minimum atomic E-state index is -1.02. The summed E-state index contributed by atoms with van der Waals surface area (Å²) in [7, 11) is 0. The first-order valence-electron chi connectivity index (χ1n) is 5.84. The van der Waals surface area contributed by atoms with E-state index in [1.165, 1.54) is 0 Å². The Morgan fingerprint density at radius 3 is 2.65 bits per heavy atom. The first-order chi connectivity index (χ1) is 8.09. The molecular weight excluding hydrogens is 226 g/mol. The summed E-state index contributed by atoms with van der Waals surface area (Å²) in [5, 5.41) is 8.87. The number of amides is 1. The van der Waals surface area contributed by atoms with Crippen LogP contribution in [0.25, 0.3) is 0 Å². The van der Waals surface area contributed by atoms with E-state index in [2.05, 4.69) is 0 Å². The molecule has 1 amide bonds. The van der Waals surface area contributed by atoms with Crippen LogP contribution in [0.4, 0.5) is 0 Å². The molecule has 2 rings (SSSR count). The molecule has 0 aromatic carbocycles. The maximum absolute atomic E-state index is 12.2. The number of nitrogens with zero attached hydrogens (tertiary/aromatic N) is 1. The van der Waals surface area contributed by atoms with Crippen LogP contribution in [0.2, 0.25) is 0 Å². The highest BCUT2D eigenvalue weighted by atomic mass is 16.5. The van der Waals surface area contributed by atoms with Crippen LogP contribution < -0.4 is 0 Å². The highest BCUT2D eigenvalue weighted by molar-refractivity contribution is 5.81. The minimum Gasteiger partial charge on any atom is -0.479 e. The smallest absolute Gasteiger partial charge is 0.334 e. The molecule has 0 saturated carbocycles. The van der Waals surface area contributed by atoms with Crippen molar-refractivity contribution < 1.29 is 24.2 Å². The number of rotatable bonds is 2. The molecule has 3 atom stereocenters. The molecule has 0 radical (unpaired) electrons. The van der Waals surface area contributed by atoms with Gasteiger partial charge in [-0.25, -0.2) is 4.79 Å². The zero-order valence-electron chi connectivity index (χ0n) is 9.80. The summed E-state index contributed by atoms with van der Waals surface area (Å²) in [5.74, 6) is -1.16. The molecule has 6 heteroatoms. The molecule has 0 bridgehead atoms. The van der Waals surface area contributed by atoms with E-state index in [0.717, 1.165) is 6.42 Å². The number of carbonyl (C=O) groups excluding carboxylic acids is 1. The van der Waals surface area contributed by atoms with Crippen molar-refractivity contribution in [3.05, 3.63) is 0 Å². The van der Waals surface area contributed by atoms with Gasteiger partial charge in [0.1, 0.15) is 0 Å². The Balaban J connectivity index is 1.97. The number of carbonyl (C=O) groups is 2. The molecule has 2 fully saturated rings. The van der Waals surface area contributed by atoms with Crippen molar-refractivity contribution in [2.24, 2.45) is 5.92 Å². The Morgan fingerprint density at radius 2 is 2.06 bits per heavy atom. The van der Waals surface area contributed by atoms with E-state index in [1.54, 1.807) is 4.90 Å². The molecule has 6 nitrogen and oxygen atoms in total. The van der Waals surface area contributed by atoms with Gasteiger partial charge in [0.15, 0.2) is 6.10 Å². The second-order valence-corrected chi connectivity index (χ2v) is 4.45. The van der Waals surface area contributed by atoms with Gasteiger partial charge in [0.2, 0.25) is 5.91 Å². The number of morpholine rings is 1. The van der Waals surface area contributed by atoms with Crippen molar-refractivity contribution in [1.82, 2.24) is 4.90 Å². The third kappa shape index (κ3) is 2.58. The van der Waals surface area contributed by atoms with Crippen LogP contribution in [-0.4, -0.2) is 60.4 Å². The van der Waals surface area contributed by atoms with Gasteiger partial charge in [0, 0.05) is 13.2 Å². The Morgan fingerprint density at radius 1 is 1.29 bits per heavy atom. The second kappa shape index (κ2) is 5.01. The zero-order valence-corrected chi connectivity index (χ0v) is 9.80. The van der Waals surface area contributed by atoms with Crippen LogP contribution >= 0.6 is 0 Å². The zero-order chi connectivity index (χ0) is 12.4. The first-order valence-corrected chi connectivity index (χ1v) is 5.84. The van der Waals surface area contributed by atoms with Crippen LogP contribution in [-0.2, 0) is 19.1 Å². The fraction of sp³-hybridized carbons (Fsp3) is 0.818. The molecule has 3 unspecified atom stereocenters. The van der Waals surface area contributed by atoms with Gasteiger partial charge in [0.05, 0.1) is 25.2 Å². The molecule has 0 aromatic heterocycles. The van der Waals surface area contributed by atoms with Gasteiger partial charge in [-0.1, -0.05) is 0 Å². The van der Waals surface area contributed by atoms with Crippen molar-refractivity contribution >= 4 is 11.9 Å². The van der Waals surface area contributed by atoms with E-state index in [-0.39, 0.29) is 31.1 Å². The summed E-state index contributed by atoms with van der Waals surface area (Å²) in [6, 6.07) is 0. The van der Waals surface area contributed by atoms with E-state index < -0.39 is 12.1 Å². The van der Waals surface area contributed by atoms with Crippen LogP contribution in [0.5, 0.6) is 0 Å². The van der Waals surface area contributed by atoms with Crippen LogP contribution in [0.3, 0.4) is 0 Å². The lowest BCUT2D eigenvalue weighted by Gasteiger charge is -2.33. The maximum Gasteiger partial charge on any atom is 0.334 e. The van der Waals surface area contributed by atoms with E-state index in [0.29, 0.717) is 13.2 Å². The molecule has 2 saturated heterocycles. The van der Waals surface area contributed by atoms with Crippen molar-refractivity contribution in [2.75, 3.05) is 26.3 Å². The van der Waals surface area contributed by atoms with Gasteiger partial charge in [-0.05, 0) is 13.3 Å². The molecule has 2 heterocycles. The van der Waals surface area contributed by atoms with Crippen LogP contribution in [0, 0.1) is 5.92 Å². The van der Waals surface area contributed by atoms with Gasteiger partial charge >= 0.3 is 5.97 Å². The fourth-order valence-electron chi connectivity index (χ4n) is 2.29. The molecule has 0 aromatic rings. The standard InChI is InChI=1S/C11H17NO5/c1-7-8(2-4-16-7)10(13)12-3-5-17-9(6-12)11(14)15/h7-9H,2-6H2,1H3,(H,14,15). The summed E-state index contributed by atoms with van der Waals surface area (Å²) < 4.78 is 10.4. The lowest BCUT2D eigenvalue weighted by Crippen LogP contribution is -2.51. The second-order valence-electron chi connectivity index (χ2n) is 4.45. The van der Waals surface area contributed by atoms with Gasteiger partial charge in [-0.3, -0.25) is 4.79 Å². The van der Waals surface area contributed by atoms with Crippen molar-refractivity contribution in [1.29, 1.82) is 0 Å². The summed E-state index contributed by atoms with van der Waals surface area (Å²) in [6.45, 7) is 3.36. The third-order valence-corrected chi connectivity index (χ3v) is 3.35. The number of aliphatic carboxylic acids is 1. The third-order valence-electron chi connectivity index (χ3n) is 3.35. The van der Waals surface area contributed by atoms with E-state index in [1.807, 2.05) is 6.92 Å². The van der Waals surface area contributed by atoms with Crippen LogP contribution in [0.1, 0.15) is 13.3 Å². The highest BCUT2D eigenvalue weighted by Gasteiger charge is 2.37. The number of ether oxygens (including phenoxy) is 2. The number of carboxylic acid groups (broad SMARTS) is 1. The topological polar surface area (TPSA) is 76.1 Å². The van der Waals surface area contributed by atoms with E-state index in [9.17, 15) is 9.59 Å². The maximum atomic E-state index is 12.2. The average molecular weight is 243 g/mol. The Labute approximate surface area is 99.5 Å². The summed E-state index contributed by atoms with van der Waals surface area (Å²) in [6.07, 6.45) is -0.256. The predicted molar refractivity (Wildman–Crippen MR) is 57.5 cm³/mol. The molecule has 2 aliphatic heterocycles. The first kappa shape index (κ1) is 12.3. The normalized spacial score (nSPS) is 33.7. The summed E-state index contributed by atoms with van der Waals surface area (Å²) in [5.41, 5.74) is 0. The lowest BCUT2D eigenvalue weighted by atomic mass is 10.0. The van der Waals surface area contributed by atoms with Crippen LogP contribution in [0.15, 0.2) is 0 Å². The lowest BCUT2D eigenvalue weighted by molar-refractivity contribution is -0.160. The molecule has 96 valence electrons.